The van der Waals surface area contributed by atoms with E-state index in [9.17, 15) is 9.90 Å². The van der Waals surface area contributed by atoms with Crippen molar-refractivity contribution in [3.63, 3.8) is 0 Å². The number of nitrogens with two attached hydrogens (primary N) is 1. The molecular weight excluding hydrogens is 340 g/mol. The molecule has 0 spiro atoms. The predicted molar refractivity (Wildman–Crippen MR) is 106 cm³/mol. The summed E-state index contributed by atoms with van der Waals surface area (Å²) in [4.78, 5) is 23.9. The first-order chi connectivity index (χ1) is 13.0. The van der Waals surface area contributed by atoms with Gasteiger partial charge in [-0.15, -0.1) is 0 Å². The van der Waals surface area contributed by atoms with Crippen molar-refractivity contribution in [2.24, 2.45) is 4.99 Å². The summed E-state index contributed by atoms with van der Waals surface area (Å²) in [6.45, 7) is 2.43. The molecule has 1 aromatic heterocycles. The summed E-state index contributed by atoms with van der Waals surface area (Å²) in [6.07, 6.45) is 1.94. The molecule has 0 radical (unpaired) electrons. The minimum Gasteiger partial charge on any atom is -0.397 e. The van der Waals surface area contributed by atoms with Crippen molar-refractivity contribution in [2.45, 2.75) is 18.9 Å². The molecule has 1 saturated heterocycles. The fraction of sp³-hybridized carbons (Fsp3) is 0.190. The van der Waals surface area contributed by atoms with Gasteiger partial charge in [0, 0.05) is 29.6 Å². The van der Waals surface area contributed by atoms with Crippen molar-refractivity contribution in [1.82, 2.24) is 4.98 Å². The van der Waals surface area contributed by atoms with Crippen molar-refractivity contribution in [2.75, 3.05) is 17.2 Å². The first kappa shape index (κ1) is 16.0. The Labute approximate surface area is 156 Å². The molecule has 2 aromatic carbocycles. The highest BCUT2D eigenvalue weighted by Gasteiger charge is 2.52. The molecule has 3 N–H and O–H groups in total. The van der Waals surface area contributed by atoms with Gasteiger partial charge in [-0.2, -0.15) is 0 Å². The Morgan fingerprint density at radius 2 is 2.04 bits per heavy atom. The maximum Gasteiger partial charge on any atom is 0.204 e. The van der Waals surface area contributed by atoms with Crippen LogP contribution in [0.5, 0.6) is 0 Å². The smallest absolute Gasteiger partial charge is 0.204 e. The molecule has 5 rings (SSSR count). The molecule has 1 atom stereocenters. The van der Waals surface area contributed by atoms with E-state index in [1.54, 1.807) is 12.3 Å². The Morgan fingerprint density at radius 3 is 2.89 bits per heavy atom. The van der Waals surface area contributed by atoms with Gasteiger partial charge in [-0.25, -0.2) is 4.99 Å². The third-order valence-corrected chi connectivity index (χ3v) is 5.32. The number of amidine groups is 1. The number of nitrogens with zero attached hydrogens (tertiary/aromatic N) is 3. The molecule has 1 fully saturated rings. The van der Waals surface area contributed by atoms with Crippen LogP contribution in [0.25, 0.3) is 10.9 Å². The van der Waals surface area contributed by atoms with Gasteiger partial charge in [-0.1, -0.05) is 11.6 Å². The number of carbonyl (C=O) groups is 1. The van der Waals surface area contributed by atoms with Crippen molar-refractivity contribution >= 4 is 39.6 Å². The highest BCUT2D eigenvalue weighted by atomic mass is 16.3. The number of hydrogen-bond acceptors (Lipinski definition) is 6. The number of aromatic nitrogens is 1. The van der Waals surface area contributed by atoms with E-state index in [1.807, 2.05) is 48.2 Å². The van der Waals surface area contributed by atoms with E-state index >= 15 is 0 Å². The van der Waals surface area contributed by atoms with Gasteiger partial charge in [0.2, 0.25) is 5.78 Å². The van der Waals surface area contributed by atoms with Crippen LogP contribution in [0.15, 0.2) is 53.7 Å². The first-order valence-electron chi connectivity index (χ1n) is 8.85. The number of anilines is 2. The average Bonchev–Trinajstić information content (AvgIpc) is 3.00. The molecule has 6 nitrogen and oxygen atoms in total. The van der Waals surface area contributed by atoms with Crippen LogP contribution in [0.3, 0.4) is 0 Å². The maximum absolute atomic E-state index is 13.0. The second kappa shape index (κ2) is 5.37. The third kappa shape index (κ3) is 2.27. The number of pyridine rings is 1. The first-order valence-corrected chi connectivity index (χ1v) is 8.85. The topological polar surface area (TPSA) is 91.8 Å². The van der Waals surface area contributed by atoms with Gasteiger partial charge in [0.1, 0.15) is 5.84 Å². The molecule has 0 saturated carbocycles. The summed E-state index contributed by atoms with van der Waals surface area (Å²) in [6, 6.07) is 13.2. The van der Waals surface area contributed by atoms with Crippen molar-refractivity contribution in [3.8, 4) is 0 Å². The van der Waals surface area contributed by atoms with Gasteiger partial charge in [-0.3, -0.25) is 9.78 Å². The molecule has 0 aliphatic carbocycles. The molecule has 134 valence electrons. The number of aryl methyl sites for hydroxylation is 1. The lowest BCUT2D eigenvalue weighted by atomic mass is 9.87. The molecule has 27 heavy (non-hydrogen) atoms. The summed E-state index contributed by atoms with van der Waals surface area (Å²) in [5.74, 6) is 0.112. The Hall–Kier alpha value is -3.25. The molecule has 0 amide bonds. The van der Waals surface area contributed by atoms with E-state index in [0.717, 1.165) is 22.2 Å². The van der Waals surface area contributed by atoms with E-state index in [2.05, 4.69) is 9.98 Å². The second-order valence-electron chi connectivity index (χ2n) is 7.19. The summed E-state index contributed by atoms with van der Waals surface area (Å²) < 4.78 is 0. The van der Waals surface area contributed by atoms with E-state index in [1.165, 1.54) is 0 Å². The van der Waals surface area contributed by atoms with Gasteiger partial charge in [0.15, 0.2) is 5.60 Å². The van der Waals surface area contributed by atoms with Crippen LogP contribution in [-0.4, -0.2) is 33.9 Å². The van der Waals surface area contributed by atoms with Crippen molar-refractivity contribution < 1.29 is 9.90 Å². The van der Waals surface area contributed by atoms with Gasteiger partial charge in [-0.05, 0) is 43.3 Å². The van der Waals surface area contributed by atoms with E-state index in [4.69, 9.17) is 5.73 Å². The number of nitrogen functional groups attached to an aromatic ring is 1. The zero-order chi connectivity index (χ0) is 18.8. The van der Waals surface area contributed by atoms with Crippen LogP contribution in [0, 0.1) is 6.92 Å². The normalized spacial score (nSPS) is 21.2. The number of carbonyl (C=O) groups excluding carboxylic acids is 1. The number of fused-ring (bicyclic) bond motifs is 3. The Kier molecular flexibility index (Phi) is 3.18. The SMILES string of the molecule is Cc1ccc2c(c1)C(=O)[C@]1(O)CCN(c3ccc4ncc(N)cc4c3)C1=N2. The molecule has 3 aromatic rings. The second-order valence-corrected chi connectivity index (χ2v) is 7.19. The summed E-state index contributed by atoms with van der Waals surface area (Å²) >= 11 is 0. The fourth-order valence-corrected chi connectivity index (χ4v) is 3.90. The van der Waals surface area contributed by atoms with Crippen molar-refractivity contribution in [1.29, 1.82) is 0 Å². The molecule has 3 heterocycles. The Morgan fingerprint density at radius 1 is 1.19 bits per heavy atom. The van der Waals surface area contributed by atoms with Crippen LogP contribution in [-0.2, 0) is 0 Å². The largest absolute Gasteiger partial charge is 0.397 e. The number of aliphatic imine (C=N–C) groups is 1. The highest BCUT2D eigenvalue weighted by Crippen LogP contribution is 2.40. The maximum atomic E-state index is 13.0. The predicted octanol–water partition coefficient (Wildman–Crippen LogP) is 2.99. The molecule has 6 heteroatoms. The van der Waals surface area contributed by atoms with Crippen LogP contribution >= 0.6 is 0 Å². The fourth-order valence-electron chi connectivity index (χ4n) is 3.90. The highest BCUT2D eigenvalue weighted by molar-refractivity contribution is 6.28. The minimum atomic E-state index is -1.58. The van der Waals surface area contributed by atoms with Gasteiger partial charge in [0.25, 0.3) is 0 Å². The zero-order valence-electron chi connectivity index (χ0n) is 14.8. The van der Waals surface area contributed by atoms with Crippen LogP contribution in [0.4, 0.5) is 17.1 Å². The lowest BCUT2D eigenvalue weighted by molar-refractivity contribution is 0.0602. The Bertz CT molecular complexity index is 1150. The standard InChI is InChI=1S/C21H18N4O2/c1-12-2-4-18-16(8-12)19(26)21(27)6-7-25(20(21)24-18)15-3-5-17-13(10-15)9-14(22)11-23-17/h2-5,8-11,27H,6-7,22H2,1H3/t21-/m1/s1. The number of hydrogen-bond donors (Lipinski definition) is 2. The minimum absolute atomic E-state index is 0.277. The third-order valence-electron chi connectivity index (χ3n) is 5.32. The number of ketones is 1. The van der Waals surface area contributed by atoms with E-state index in [-0.39, 0.29) is 5.78 Å². The number of rotatable bonds is 1. The molecular formula is C21H18N4O2. The van der Waals surface area contributed by atoms with Crippen LogP contribution in [0.2, 0.25) is 0 Å². The Balaban J connectivity index is 1.65. The summed E-state index contributed by atoms with van der Waals surface area (Å²) in [7, 11) is 0. The molecule has 2 aliphatic rings. The van der Waals surface area contributed by atoms with Gasteiger partial charge < -0.3 is 15.7 Å². The monoisotopic (exact) mass is 358 g/mol. The number of benzene rings is 2. The molecule has 0 bridgehead atoms. The number of aliphatic hydroxyl groups is 1. The van der Waals surface area contributed by atoms with E-state index < -0.39 is 5.60 Å². The van der Waals surface area contributed by atoms with Crippen LogP contribution in [0.1, 0.15) is 22.3 Å². The summed E-state index contributed by atoms with van der Waals surface area (Å²) in [5, 5.41) is 12.1. The van der Waals surface area contributed by atoms with Gasteiger partial charge in [0.05, 0.1) is 23.1 Å². The van der Waals surface area contributed by atoms with E-state index in [0.29, 0.717) is 35.7 Å². The lowest BCUT2D eigenvalue weighted by Gasteiger charge is -2.30. The zero-order valence-corrected chi connectivity index (χ0v) is 14.8. The van der Waals surface area contributed by atoms with Gasteiger partial charge >= 0.3 is 0 Å². The quantitative estimate of drug-likeness (QED) is 0.698. The van der Waals surface area contributed by atoms with Crippen molar-refractivity contribution in [3.05, 3.63) is 59.8 Å². The molecule has 2 aliphatic heterocycles. The number of Topliss-reactive ketones (excluding diaryl/α,β-unsaturated/α-hetero) is 1. The summed E-state index contributed by atoms with van der Waals surface area (Å²) in [5.41, 5.74) is 8.61. The average molecular weight is 358 g/mol. The lowest BCUT2D eigenvalue weighted by Crippen LogP contribution is -2.48. The molecule has 0 unspecified atom stereocenters. The van der Waals surface area contributed by atoms with Crippen LogP contribution < -0.4 is 10.6 Å².